The molecule has 0 aromatic rings. The summed E-state index contributed by atoms with van der Waals surface area (Å²) in [6.45, 7) is 2.48. The Morgan fingerprint density at radius 2 is 1.75 bits per heavy atom. The fourth-order valence-corrected chi connectivity index (χ4v) is 1.37. The van der Waals surface area contributed by atoms with Gasteiger partial charge in [0.2, 0.25) is 0 Å². The van der Waals surface area contributed by atoms with Crippen LogP contribution in [0.4, 0.5) is 0 Å². The van der Waals surface area contributed by atoms with Crippen LogP contribution in [0.25, 0.3) is 0 Å². The zero-order valence-electron chi connectivity index (χ0n) is 7.16. The summed E-state index contributed by atoms with van der Waals surface area (Å²) >= 11 is 0. The summed E-state index contributed by atoms with van der Waals surface area (Å²) in [5.74, 6) is 0. The minimum absolute atomic E-state index is 0.474. The van der Waals surface area contributed by atoms with Crippen LogP contribution in [-0.2, 0) is 9.47 Å². The van der Waals surface area contributed by atoms with E-state index in [0.717, 1.165) is 26.1 Å². The van der Waals surface area contributed by atoms with Crippen molar-refractivity contribution < 1.29 is 9.47 Å². The standard InChI is InChI=1S/C9H15NO2/c10-2-1-7(3-8-5-11-8)4-9-6-12-9/h1,8-9H,2-6,10H2. The lowest BCUT2D eigenvalue weighted by Crippen LogP contribution is -2.01. The summed E-state index contributed by atoms with van der Waals surface area (Å²) in [6.07, 6.45) is 5.15. The Morgan fingerprint density at radius 1 is 1.25 bits per heavy atom. The molecule has 2 aliphatic rings. The molecule has 2 saturated heterocycles. The first kappa shape index (κ1) is 8.23. The van der Waals surface area contributed by atoms with E-state index in [0.29, 0.717) is 18.8 Å². The lowest BCUT2D eigenvalue weighted by atomic mass is 10.1. The Hall–Kier alpha value is -0.380. The first-order valence-corrected chi connectivity index (χ1v) is 4.49. The van der Waals surface area contributed by atoms with Crippen molar-refractivity contribution in [3.05, 3.63) is 11.6 Å². The molecule has 3 nitrogen and oxygen atoms in total. The van der Waals surface area contributed by atoms with Crippen LogP contribution >= 0.6 is 0 Å². The van der Waals surface area contributed by atoms with Gasteiger partial charge in [-0.05, 0) is 12.8 Å². The van der Waals surface area contributed by atoms with Gasteiger partial charge < -0.3 is 15.2 Å². The lowest BCUT2D eigenvalue weighted by Gasteiger charge is -2.01. The maximum atomic E-state index is 5.46. The van der Waals surface area contributed by atoms with Gasteiger partial charge in [-0.3, -0.25) is 0 Å². The van der Waals surface area contributed by atoms with Gasteiger partial charge in [-0.15, -0.1) is 0 Å². The average Bonchev–Trinajstić information content (AvgIpc) is 2.82. The second-order valence-electron chi connectivity index (χ2n) is 3.42. The van der Waals surface area contributed by atoms with Crippen LogP contribution in [0.3, 0.4) is 0 Å². The SMILES string of the molecule is NCC=C(CC1CO1)CC1CO1. The third-order valence-corrected chi connectivity index (χ3v) is 2.19. The van der Waals surface area contributed by atoms with E-state index in [2.05, 4.69) is 6.08 Å². The predicted molar refractivity (Wildman–Crippen MR) is 45.9 cm³/mol. The lowest BCUT2D eigenvalue weighted by molar-refractivity contribution is 0.390. The molecule has 0 aliphatic carbocycles. The van der Waals surface area contributed by atoms with E-state index in [1.54, 1.807) is 0 Å². The molecule has 2 atom stereocenters. The topological polar surface area (TPSA) is 51.1 Å². The van der Waals surface area contributed by atoms with Gasteiger partial charge in [0.25, 0.3) is 0 Å². The third kappa shape index (κ3) is 2.59. The monoisotopic (exact) mass is 169 g/mol. The second kappa shape index (κ2) is 3.56. The van der Waals surface area contributed by atoms with Gasteiger partial charge in [0.05, 0.1) is 25.4 Å². The molecule has 0 amide bonds. The molecule has 2 aliphatic heterocycles. The van der Waals surface area contributed by atoms with Crippen molar-refractivity contribution in [1.29, 1.82) is 0 Å². The summed E-state index contributed by atoms with van der Waals surface area (Å²) in [6, 6.07) is 0. The van der Waals surface area contributed by atoms with Gasteiger partial charge in [0.15, 0.2) is 0 Å². The van der Waals surface area contributed by atoms with Crippen molar-refractivity contribution in [3.63, 3.8) is 0 Å². The van der Waals surface area contributed by atoms with Gasteiger partial charge in [-0.25, -0.2) is 0 Å². The number of nitrogens with two attached hydrogens (primary N) is 1. The summed E-state index contributed by atoms with van der Waals surface area (Å²) in [5.41, 5.74) is 6.87. The second-order valence-corrected chi connectivity index (χ2v) is 3.42. The van der Waals surface area contributed by atoms with E-state index in [1.165, 1.54) is 5.57 Å². The van der Waals surface area contributed by atoms with Crippen LogP contribution in [0.1, 0.15) is 12.8 Å². The highest BCUT2D eigenvalue weighted by Crippen LogP contribution is 2.26. The molecule has 0 saturated carbocycles. The van der Waals surface area contributed by atoms with Crippen LogP contribution < -0.4 is 5.73 Å². The average molecular weight is 169 g/mol. The number of rotatable bonds is 5. The molecular weight excluding hydrogens is 154 g/mol. The molecule has 12 heavy (non-hydrogen) atoms. The van der Waals surface area contributed by atoms with Gasteiger partial charge in [0.1, 0.15) is 0 Å². The van der Waals surface area contributed by atoms with E-state index in [9.17, 15) is 0 Å². The van der Waals surface area contributed by atoms with Crippen molar-refractivity contribution >= 4 is 0 Å². The molecule has 0 aromatic heterocycles. The maximum Gasteiger partial charge on any atom is 0.0846 e. The van der Waals surface area contributed by atoms with E-state index in [1.807, 2.05) is 0 Å². The molecule has 0 radical (unpaired) electrons. The van der Waals surface area contributed by atoms with Crippen molar-refractivity contribution in [2.45, 2.75) is 25.0 Å². The molecule has 2 unspecified atom stereocenters. The van der Waals surface area contributed by atoms with Crippen molar-refractivity contribution in [2.24, 2.45) is 5.73 Å². The Bertz CT molecular complexity index is 167. The van der Waals surface area contributed by atoms with Crippen molar-refractivity contribution in [3.8, 4) is 0 Å². The number of hydrogen-bond acceptors (Lipinski definition) is 3. The van der Waals surface area contributed by atoms with Crippen molar-refractivity contribution in [1.82, 2.24) is 0 Å². The van der Waals surface area contributed by atoms with Gasteiger partial charge in [-0.1, -0.05) is 11.6 Å². The fraction of sp³-hybridized carbons (Fsp3) is 0.778. The zero-order chi connectivity index (χ0) is 8.39. The van der Waals surface area contributed by atoms with E-state index in [-0.39, 0.29) is 0 Å². The number of hydrogen-bond donors (Lipinski definition) is 1. The molecule has 3 heteroatoms. The largest absolute Gasteiger partial charge is 0.373 e. The first-order chi connectivity index (χ1) is 5.88. The highest BCUT2D eigenvalue weighted by molar-refractivity contribution is 5.08. The van der Waals surface area contributed by atoms with Gasteiger partial charge >= 0.3 is 0 Å². The minimum Gasteiger partial charge on any atom is -0.373 e. The van der Waals surface area contributed by atoms with Crippen LogP contribution in [0.5, 0.6) is 0 Å². The van der Waals surface area contributed by atoms with Crippen LogP contribution in [0, 0.1) is 0 Å². The van der Waals surface area contributed by atoms with Crippen LogP contribution in [0.2, 0.25) is 0 Å². The summed E-state index contributed by atoms with van der Waals surface area (Å²) in [7, 11) is 0. The smallest absolute Gasteiger partial charge is 0.0846 e. The van der Waals surface area contributed by atoms with Gasteiger partial charge in [0, 0.05) is 6.54 Å². The molecule has 68 valence electrons. The molecule has 0 spiro atoms. The Labute approximate surface area is 72.5 Å². The quantitative estimate of drug-likeness (QED) is 0.480. The van der Waals surface area contributed by atoms with Crippen molar-refractivity contribution in [2.75, 3.05) is 19.8 Å². The molecule has 2 N–H and O–H groups in total. The highest BCUT2D eigenvalue weighted by atomic mass is 16.6. The Balaban J connectivity index is 1.77. The van der Waals surface area contributed by atoms with Crippen LogP contribution in [-0.4, -0.2) is 32.0 Å². The van der Waals surface area contributed by atoms with Gasteiger partial charge in [-0.2, -0.15) is 0 Å². The summed E-state index contributed by atoms with van der Waals surface area (Å²) in [4.78, 5) is 0. The first-order valence-electron chi connectivity index (χ1n) is 4.49. The minimum atomic E-state index is 0.474. The van der Waals surface area contributed by atoms with Crippen LogP contribution in [0.15, 0.2) is 11.6 Å². The molecular formula is C9H15NO2. The zero-order valence-corrected chi connectivity index (χ0v) is 7.16. The molecule has 2 fully saturated rings. The number of ether oxygens (including phenoxy) is 2. The predicted octanol–water partition coefficient (Wildman–Crippen LogP) is 0.449. The van der Waals surface area contributed by atoms with E-state index >= 15 is 0 Å². The fourth-order valence-electron chi connectivity index (χ4n) is 1.37. The highest BCUT2D eigenvalue weighted by Gasteiger charge is 2.28. The molecule has 2 heterocycles. The maximum absolute atomic E-state index is 5.46. The summed E-state index contributed by atoms with van der Waals surface area (Å²) < 4.78 is 10.3. The third-order valence-electron chi connectivity index (χ3n) is 2.19. The normalized spacial score (nSPS) is 31.4. The summed E-state index contributed by atoms with van der Waals surface area (Å²) in [5, 5.41) is 0. The Morgan fingerprint density at radius 3 is 2.08 bits per heavy atom. The molecule has 2 rings (SSSR count). The van der Waals surface area contributed by atoms with E-state index in [4.69, 9.17) is 15.2 Å². The molecule has 0 bridgehead atoms. The Kier molecular flexibility index (Phi) is 2.44. The number of epoxide rings is 2. The molecule has 0 aromatic carbocycles. The van der Waals surface area contributed by atoms with E-state index < -0.39 is 0 Å².